The predicted octanol–water partition coefficient (Wildman–Crippen LogP) is 5.76. The minimum Gasteiger partial charge on any atom is -0.369 e. The van der Waals surface area contributed by atoms with E-state index >= 15 is 0 Å². The second-order valence-electron chi connectivity index (χ2n) is 16.1. The van der Waals surface area contributed by atoms with Crippen molar-refractivity contribution in [3.8, 4) is 22.4 Å². The van der Waals surface area contributed by atoms with E-state index in [1.54, 1.807) is 10.9 Å². The molecule has 0 unspecified atom stereocenters. The molecule has 3 N–H and O–H groups in total. The van der Waals surface area contributed by atoms with Gasteiger partial charge in [-0.1, -0.05) is 53.7 Å². The number of aromatic amines is 1. The van der Waals surface area contributed by atoms with E-state index in [2.05, 4.69) is 94.5 Å². The molecule has 2 saturated heterocycles. The van der Waals surface area contributed by atoms with Gasteiger partial charge in [0, 0.05) is 74.1 Å². The molecular weight excluding hydrogens is 717 g/mol. The maximum Gasteiger partial charge on any atom is 0.273 e. The van der Waals surface area contributed by atoms with E-state index < -0.39 is 0 Å². The number of piperazine rings is 1. The minimum absolute atomic E-state index is 0.182. The van der Waals surface area contributed by atoms with Crippen LogP contribution in [0.5, 0.6) is 0 Å². The molecule has 8 rings (SSSR count). The molecule has 3 amide bonds. The Morgan fingerprint density at radius 2 is 1.67 bits per heavy atom. The van der Waals surface area contributed by atoms with Crippen LogP contribution in [-0.4, -0.2) is 85.5 Å². The first-order chi connectivity index (χ1) is 27.5. The SMILES string of the molecule is Cc1cc(-c2[nH]nc3ncc(-c4ccc(N5CCN(CCc6ccc([C@@H]7CCC(=O)NC7=O)cc6)CC5)cc4)cc23)ccc1CNC(=O)c1cn(C(C)(C)C)nn1. The van der Waals surface area contributed by atoms with Crippen LogP contribution in [0, 0.1) is 6.92 Å². The Kier molecular flexibility index (Phi) is 10.4. The Morgan fingerprint density at radius 3 is 2.37 bits per heavy atom. The van der Waals surface area contributed by atoms with E-state index in [9.17, 15) is 14.4 Å². The normalized spacial score (nSPS) is 16.6. The highest BCUT2D eigenvalue weighted by molar-refractivity contribution is 6.01. The highest BCUT2D eigenvalue weighted by Crippen LogP contribution is 2.32. The lowest BCUT2D eigenvalue weighted by molar-refractivity contribution is -0.134. The number of benzene rings is 3. The average Bonchev–Trinajstić information content (AvgIpc) is 3.89. The maximum atomic E-state index is 12.8. The molecule has 2 fully saturated rings. The van der Waals surface area contributed by atoms with Gasteiger partial charge in [-0.2, -0.15) is 5.10 Å². The fourth-order valence-electron chi connectivity index (χ4n) is 7.60. The van der Waals surface area contributed by atoms with Gasteiger partial charge in [-0.25, -0.2) is 9.67 Å². The van der Waals surface area contributed by atoms with Gasteiger partial charge in [-0.3, -0.25) is 29.7 Å². The number of nitrogens with one attached hydrogen (secondary N) is 3. The number of carbonyl (C=O) groups excluding carboxylic acids is 3. The van der Waals surface area contributed by atoms with Crippen molar-refractivity contribution in [2.45, 2.75) is 65.0 Å². The Balaban J connectivity index is 0.854. The summed E-state index contributed by atoms with van der Waals surface area (Å²) in [7, 11) is 0. The quantitative estimate of drug-likeness (QED) is 0.148. The highest BCUT2D eigenvalue weighted by Gasteiger charge is 2.28. The number of hydrogen-bond donors (Lipinski definition) is 3. The Morgan fingerprint density at radius 1 is 0.912 bits per heavy atom. The minimum atomic E-state index is -0.260. The molecule has 57 heavy (non-hydrogen) atoms. The maximum absolute atomic E-state index is 12.8. The molecular formula is C44H48N10O3. The first-order valence-corrected chi connectivity index (χ1v) is 19.6. The topological polar surface area (TPSA) is 154 Å². The van der Waals surface area contributed by atoms with Gasteiger partial charge >= 0.3 is 0 Å². The number of aryl methyl sites for hydroxylation is 1. The van der Waals surface area contributed by atoms with Crippen molar-refractivity contribution >= 4 is 34.4 Å². The van der Waals surface area contributed by atoms with Crippen molar-refractivity contribution in [2.75, 3.05) is 37.6 Å². The number of pyridine rings is 1. The number of rotatable bonds is 10. The monoisotopic (exact) mass is 764 g/mol. The van der Waals surface area contributed by atoms with Crippen LogP contribution in [0.3, 0.4) is 0 Å². The fourth-order valence-corrected chi connectivity index (χ4v) is 7.60. The molecule has 0 aliphatic carbocycles. The number of carbonyl (C=O) groups is 3. The molecule has 292 valence electrons. The lowest BCUT2D eigenvalue weighted by Crippen LogP contribution is -2.47. The number of fused-ring (bicyclic) bond motifs is 1. The molecule has 2 aliphatic heterocycles. The highest BCUT2D eigenvalue weighted by atomic mass is 16.2. The van der Waals surface area contributed by atoms with Gasteiger partial charge < -0.3 is 10.2 Å². The second kappa shape index (κ2) is 15.7. The zero-order valence-electron chi connectivity index (χ0n) is 32.9. The molecule has 3 aromatic heterocycles. The van der Waals surface area contributed by atoms with Crippen molar-refractivity contribution in [2.24, 2.45) is 0 Å². The summed E-state index contributed by atoms with van der Waals surface area (Å²) >= 11 is 0. The van der Waals surface area contributed by atoms with Crippen LogP contribution < -0.4 is 15.5 Å². The molecule has 0 radical (unpaired) electrons. The van der Waals surface area contributed by atoms with Gasteiger partial charge in [0.25, 0.3) is 5.91 Å². The van der Waals surface area contributed by atoms with Crippen LogP contribution in [-0.2, 0) is 28.1 Å². The van der Waals surface area contributed by atoms with Crippen molar-refractivity contribution < 1.29 is 14.4 Å². The summed E-state index contributed by atoms with van der Waals surface area (Å²) in [5.74, 6) is -0.876. The number of amides is 3. The van der Waals surface area contributed by atoms with Crippen LogP contribution in [0.4, 0.5) is 5.69 Å². The number of anilines is 1. The lowest BCUT2D eigenvalue weighted by atomic mass is 9.90. The third-order valence-corrected chi connectivity index (χ3v) is 11.2. The molecule has 6 aromatic rings. The molecule has 13 heteroatoms. The van der Waals surface area contributed by atoms with E-state index in [1.165, 1.54) is 11.3 Å². The first kappa shape index (κ1) is 37.7. The number of hydrogen-bond acceptors (Lipinski definition) is 9. The van der Waals surface area contributed by atoms with E-state index in [4.69, 9.17) is 0 Å². The third kappa shape index (κ3) is 8.34. The van der Waals surface area contributed by atoms with Crippen molar-refractivity contribution in [1.29, 1.82) is 0 Å². The zero-order valence-corrected chi connectivity index (χ0v) is 32.9. The number of nitrogens with zero attached hydrogens (tertiary/aromatic N) is 7. The van der Waals surface area contributed by atoms with Crippen LogP contribution in [0.15, 0.2) is 85.2 Å². The second-order valence-corrected chi connectivity index (χ2v) is 16.1. The van der Waals surface area contributed by atoms with Crippen molar-refractivity contribution in [1.82, 2.24) is 45.7 Å². The van der Waals surface area contributed by atoms with Gasteiger partial charge in [0.2, 0.25) is 11.8 Å². The van der Waals surface area contributed by atoms with Crippen molar-refractivity contribution in [3.05, 3.63) is 113 Å². The summed E-state index contributed by atoms with van der Waals surface area (Å²) in [6.45, 7) is 13.4. The van der Waals surface area contributed by atoms with Crippen LogP contribution in [0.1, 0.15) is 72.3 Å². The van der Waals surface area contributed by atoms with Gasteiger partial charge in [-0.15, -0.1) is 5.10 Å². The number of piperidine rings is 1. The van der Waals surface area contributed by atoms with Gasteiger partial charge in [-0.05, 0) is 92.6 Å². The fraction of sp³-hybridized carbons (Fsp3) is 0.341. The van der Waals surface area contributed by atoms with E-state index in [0.29, 0.717) is 30.7 Å². The summed E-state index contributed by atoms with van der Waals surface area (Å²) in [5.41, 5.74) is 10.2. The molecule has 0 bridgehead atoms. The van der Waals surface area contributed by atoms with Crippen molar-refractivity contribution in [3.63, 3.8) is 0 Å². The Bertz CT molecular complexity index is 2420. The molecule has 0 saturated carbocycles. The Labute approximate surface area is 331 Å². The van der Waals surface area contributed by atoms with Gasteiger partial charge in [0.05, 0.1) is 23.3 Å². The molecule has 13 nitrogen and oxygen atoms in total. The van der Waals surface area contributed by atoms with Crippen LogP contribution in [0.2, 0.25) is 0 Å². The molecule has 1 atom stereocenters. The van der Waals surface area contributed by atoms with E-state index in [0.717, 1.165) is 83.6 Å². The molecule has 3 aromatic carbocycles. The summed E-state index contributed by atoms with van der Waals surface area (Å²) in [5, 5.41) is 22.2. The largest absolute Gasteiger partial charge is 0.369 e. The molecule has 2 aliphatic rings. The summed E-state index contributed by atoms with van der Waals surface area (Å²) in [4.78, 5) is 46.2. The molecule has 5 heterocycles. The first-order valence-electron chi connectivity index (χ1n) is 19.6. The van der Waals surface area contributed by atoms with Gasteiger partial charge in [0.1, 0.15) is 0 Å². The summed E-state index contributed by atoms with van der Waals surface area (Å²) in [6.07, 6.45) is 5.47. The summed E-state index contributed by atoms with van der Waals surface area (Å²) in [6, 6.07) is 25.4. The predicted molar refractivity (Wildman–Crippen MR) is 220 cm³/mol. The van der Waals surface area contributed by atoms with Crippen LogP contribution in [0.25, 0.3) is 33.4 Å². The summed E-state index contributed by atoms with van der Waals surface area (Å²) < 4.78 is 1.69. The van der Waals surface area contributed by atoms with E-state index in [1.807, 2.05) is 58.2 Å². The van der Waals surface area contributed by atoms with Gasteiger partial charge in [0.15, 0.2) is 11.3 Å². The third-order valence-electron chi connectivity index (χ3n) is 11.2. The zero-order chi connectivity index (χ0) is 39.7. The smallest absolute Gasteiger partial charge is 0.273 e. The number of imide groups is 1. The Hall–Kier alpha value is -6.21. The average molecular weight is 765 g/mol. The van der Waals surface area contributed by atoms with Crippen LogP contribution >= 0.6 is 0 Å². The molecule has 0 spiro atoms. The number of aromatic nitrogens is 6. The lowest BCUT2D eigenvalue weighted by Gasteiger charge is -2.36. The van der Waals surface area contributed by atoms with E-state index in [-0.39, 0.29) is 29.2 Å². The standard InChI is InChI=1S/C44H48N10O3/c1-28-23-32(9-10-33(28)25-46-43(57)38-27-54(51-48-38)44(2,3)4)40-37-24-34(26-45-41(37)50-49-40)30-11-13-35(14-12-30)53-21-19-52(20-22-53)18-17-29-5-7-31(8-6-29)36-15-16-39(55)47-42(36)56/h5-14,23-24,26-27,36H,15-22,25H2,1-4H3,(H,46,57)(H,45,49,50)(H,47,55,56)/t36-/m0/s1. The number of H-pyrrole nitrogens is 1.